The van der Waals surface area contributed by atoms with Gasteiger partial charge in [-0.25, -0.2) is 15.8 Å². The molecule has 0 unspecified atom stereocenters. The van der Waals surface area contributed by atoms with E-state index in [9.17, 15) is 0 Å². The second-order valence-electron chi connectivity index (χ2n) is 6.70. The Morgan fingerprint density at radius 1 is 1.45 bits per heavy atom. The number of nitrogens with zero attached hydrogens (tertiary/aromatic N) is 3. The third kappa shape index (κ3) is 6.06. The van der Waals surface area contributed by atoms with Crippen molar-refractivity contribution in [3.8, 4) is 0 Å². The van der Waals surface area contributed by atoms with Crippen molar-refractivity contribution in [3.63, 3.8) is 0 Å². The Balaban J connectivity index is 2.33. The van der Waals surface area contributed by atoms with Gasteiger partial charge < -0.3 is 26.1 Å². The quantitative estimate of drug-likeness (QED) is 0.181. The van der Waals surface area contributed by atoms with Crippen LogP contribution in [0, 0.1) is 0 Å². The minimum absolute atomic E-state index is 0.000285. The number of aromatic amines is 1. The SMILES string of the molecule is C=C(N=C/C=C(N)/C(=C/N(N)C(C)C)C(=C)c1cnc2[nH]ccc2c1)NCCO. The molecule has 0 aliphatic heterocycles. The molecule has 8 heteroatoms. The maximum atomic E-state index is 8.82. The molecule has 0 amide bonds. The Morgan fingerprint density at radius 3 is 2.90 bits per heavy atom. The van der Waals surface area contributed by atoms with Gasteiger partial charge in [0.05, 0.1) is 6.61 Å². The molecule has 29 heavy (non-hydrogen) atoms. The summed E-state index contributed by atoms with van der Waals surface area (Å²) in [4.78, 5) is 11.6. The molecule has 7 N–H and O–H groups in total. The first-order valence-electron chi connectivity index (χ1n) is 9.25. The molecule has 8 nitrogen and oxygen atoms in total. The molecule has 0 atom stereocenters. The molecule has 154 valence electrons. The average molecular weight is 396 g/mol. The molecule has 2 aromatic heterocycles. The molecule has 0 bridgehead atoms. The van der Waals surface area contributed by atoms with E-state index in [2.05, 4.69) is 33.4 Å². The summed E-state index contributed by atoms with van der Waals surface area (Å²) < 4.78 is 0. The lowest BCUT2D eigenvalue weighted by molar-refractivity contribution is 0.297. The highest BCUT2D eigenvalue weighted by atomic mass is 16.3. The topological polar surface area (TPSA) is 129 Å². The zero-order chi connectivity index (χ0) is 21.4. The molecule has 2 heterocycles. The van der Waals surface area contributed by atoms with Gasteiger partial charge >= 0.3 is 0 Å². The first-order valence-corrected chi connectivity index (χ1v) is 9.25. The van der Waals surface area contributed by atoms with E-state index < -0.39 is 0 Å². The third-order valence-corrected chi connectivity index (χ3v) is 4.18. The number of aliphatic hydroxyl groups is 1. The molecule has 0 aromatic carbocycles. The lowest BCUT2D eigenvalue weighted by atomic mass is 9.98. The lowest BCUT2D eigenvalue weighted by Gasteiger charge is -2.21. The van der Waals surface area contributed by atoms with Crippen LogP contribution in [0.1, 0.15) is 19.4 Å². The molecule has 0 saturated carbocycles. The van der Waals surface area contributed by atoms with E-state index in [-0.39, 0.29) is 12.6 Å². The van der Waals surface area contributed by atoms with Crippen molar-refractivity contribution in [2.45, 2.75) is 19.9 Å². The van der Waals surface area contributed by atoms with Crippen molar-refractivity contribution in [3.05, 3.63) is 72.6 Å². The monoisotopic (exact) mass is 395 g/mol. The van der Waals surface area contributed by atoms with E-state index in [1.165, 1.54) is 6.21 Å². The first kappa shape index (κ1) is 21.9. The van der Waals surface area contributed by atoms with Crippen LogP contribution in [-0.2, 0) is 0 Å². The van der Waals surface area contributed by atoms with Gasteiger partial charge in [-0.2, -0.15) is 0 Å². The van der Waals surface area contributed by atoms with E-state index >= 15 is 0 Å². The van der Waals surface area contributed by atoms with Crippen LogP contribution in [0.25, 0.3) is 16.6 Å². The normalized spacial score (nSPS) is 12.7. The molecule has 0 radical (unpaired) electrons. The fraction of sp³-hybridized carbons (Fsp3) is 0.238. The summed E-state index contributed by atoms with van der Waals surface area (Å²) in [5, 5.41) is 14.2. The van der Waals surface area contributed by atoms with Crippen molar-refractivity contribution >= 4 is 22.8 Å². The molecule has 0 aliphatic carbocycles. The summed E-state index contributed by atoms with van der Waals surface area (Å²) in [6.07, 6.45) is 8.52. The van der Waals surface area contributed by atoms with Crippen molar-refractivity contribution in [2.24, 2.45) is 16.6 Å². The number of nitrogens with one attached hydrogen (secondary N) is 2. The number of rotatable bonds is 10. The van der Waals surface area contributed by atoms with E-state index in [0.717, 1.165) is 16.6 Å². The van der Waals surface area contributed by atoms with Gasteiger partial charge in [-0.15, -0.1) is 0 Å². The van der Waals surface area contributed by atoms with Gasteiger partial charge in [0.25, 0.3) is 0 Å². The number of pyridine rings is 1. The number of aromatic nitrogens is 2. The van der Waals surface area contributed by atoms with E-state index in [0.29, 0.717) is 29.2 Å². The number of nitrogens with two attached hydrogens (primary N) is 2. The van der Waals surface area contributed by atoms with Gasteiger partial charge in [-0.3, -0.25) is 0 Å². The number of allylic oxidation sites excluding steroid dienone is 2. The molecule has 0 spiro atoms. The molecule has 0 fully saturated rings. The largest absolute Gasteiger partial charge is 0.398 e. The van der Waals surface area contributed by atoms with Crippen molar-refractivity contribution < 1.29 is 5.11 Å². The van der Waals surface area contributed by atoms with Crippen LogP contribution in [0.4, 0.5) is 0 Å². The second kappa shape index (κ2) is 10.3. The summed E-state index contributed by atoms with van der Waals surface area (Å²) in [6, 6.07) is 4.02. The summed E-state index contributed by atoms with van der Waals surface area (Å²) in [5.41, 5.74) is 9.77. The number of hydrazine groups is 1. The van der Waals surface area contributed by atoms with Crippen LogP contribution in [-0.4, -0.2) is 45.5 Å². The highest BCUT2D eigenvalue weighted by molar-refractivity contribution is 5.88. The fourth-order valence-corrected chi connectivity index (χ4v) is 2.43. The van der Waals surface area contributed by atoms with E-state index in [1.54, 1.807) is 23.5 Å². The number of fused-ring (bicyclic) bond motifs is 1. The van der Waals surface area contributed by atoms with Crippen LogP contribution in [0.2, 0.25) is 0 Å². The number of aliphatic hydroxyl groups excluding tert-OH is 1. The Hall–Kier alpha value is -3.36. The summed E-state index contributed by atoms with van der Waals surface area (Å²) in [5.74, 6) is 6.54. The number of aliphatic imine (C=N–C) groups is 1. The average Bonchev–Trinajstić information content (AvgIpc) is 3.17. The number of hydrogen-bond acceptors (Lipinski definition) is 7. The first-order chi connectivity index (χ1) is 13.8. The predicted octanol–water partition coefficient (Wildman–Crippen LogP) is 2.01. The van der Waals surface area contributed by atoms with E-state index in [1.807, 2.05) is 32.2 Å². The van der Waals surface area contributed by atoms with Crippen molar-refractivity contribution in [2.75, 3.05) is 13.2 Å². The number of hydrogen-bond donors (Lipinski definition) is 5. The maximum Gasteiger partial charge on any atom is 0.137 e. The Kier molecular flexibility index (Phi) is 7.76. The highest BCUT2D eigenvalue weighted by Crippen LogP contribution is 2.26. The fourth-order valence-electron chi connectivity index (χ4n) is 2.43. The van der Waals surface area contributed by atoms with Crippen LogP contribution < -0.4 is 16.9 Å². The highest BCUT2D eigenvalue weighted by Gasteiger charge is 2.12. The molecule has 2 aromatic rings. The smallest absolute Gasteiger partial charge is 0.137 e. The number of H-pyrrole nitrogens is 1. The van der Waals surface area contributed by atoms with Crippen LogP contribution >= 0.6 is 0 Å². The molecule has 2 rings (SSSR count). The maximum absolute atomic E-state index is 8.82. The second-order valence-corrected chi connectivity index (χ2v) is 6.70. The predicted molar refractivity (Wildman–Crippen MR) is 119 cm³/mol. The molecular formula is C21H29N7O. The lowest BCUT2D eigenvalue weighted by Crippen LogP contribution is -2.33. The minimum Gasteiger partial charge on any atom is -0.398 e. The van der Waals surface area contributed by atoms with Crippen LogP contribution in [0.3, 0.4) is 0 Å². The molecular weight excluding hydrogens is 366 g/mol. The summed E-state index contributed by atoms with van der Waals surface area (Å²) in [6.45, 7) is 12.3. The van der Waals surface area contributed by atoms with Crippen LogP contribution in [0.5, 0.6) is 0 Å². The Bertz CT molecular complexity index is 953. The zero-order valence-corrected chi connectivity index (χ0v) is 16.9. The van der Waals surface area contributed by atoms with Gasteiger partial charge in [0.1, 0.15) is 11.5 Å². The van der Waals surface area contributed by atoms with Crippen molar-refractivity contribution in [1.82, 2.24) is 20.3 Å². The minimum atomic E-state index is 0.000285. The standard InChI is InChI=1S/C21H29N7O/c1-14(2)28(23)13-19(20(22)6-8-24-16(4)25-9-10-29)15(3)18-11-17-5-7-26-21(17)27-12-18/h5-8,11-14,25,29H,3-4,9-10,22-23H2,1-2H3,(H,26,27)/b19-13+,20-6-,24-8?. The Labute approximate surface area is 171 Å². The van der Waals surface area contributed by atoms with Gasteiger partial charge in [0.15, 0.2) is 0 Å². The van der Waals surface area contributed by atoms with Crippen LogP contribution in [0.15, 0.2) is 72.0 Å². The molecule has 0 aliphatic rings. The van der Waals surface area contributed by atoms with E-state index in [4.69, 9.17) is 16.7 Å². The summed E-state index contributed by atoms with van der Waals surface area (Å²) in [7, 11) is 0. The van der Waals surface area contributed by atoms with Gasteiger partial charge in [-0.05, 0) is 37.6 Å². The summed E-state index contributed by atoms with van der Waals surface area (Å²) >= 11 is 0. The van der Waals surface area contributed by atoms with Gasteiger partial charge in [-0.1, -0.05) is 13.2 Å². The van der Waals surface area contributed by atoms with Gasteiger partial charge in [0, 0.05) is 59.6 Å². The van der Waals surface area contributed by atoms with Gasteiger partial charge in [0.2, 0.25) is 0 Å². The third-order valence-electron chi connectivity index (χ3n) is 4.18. The zero-order valence-electron chi connectivity index (χ0n) is 16.9. The Morgan fingerprint density at radius 2 is 2.21 bits per heavy atom. The van der Waals surface area contributed by atoms with Crippen molar-refractivity contribution in [1.29, 1.82) is 0 Å². The molecule has 0 saturated heterocycles.